The van der Waals surface area contributed by atoms with Crippen LogP contribution in [0.25, 0.3) is 0 Å². The lowest BCUT2D eigenvalue weighted by Gasteiger charge is -2.01. The Morgan fingerprint density at radius 3 is 2.78 bits per heavy atom. The summed E-state index contributed by atoms with van der Waals surface area (Å²) in [5, 5.41) is 14.9. The first-order valence-electron chi connectivity index (χ1n) is 5.35. The number of carbonyl (C=O) groups is 1. The van der Waals surface area contributed by atoms with Gasteiger partial charge in [0.05, 0.1) is 10.6 Å². The second-order valence-electron chi connectivity index (χ2n) is 3.94. The third kappa shape index (κ3) is 2.02. The van der Waals surface area contributed by atoms with E-state index in [4.69, 9.17) is 0 Å². The van der Waals surface area contributed by atoms with Crippen LogP contribution in [0.4, 0.5) is 5.69 Å². The molecule has 0 saturated heterocycles. The summed E-state index contributed by atoms with van der Waals surface area (Å²) in [5.74, 6) is -0.166. The fourth-order valence-corrected chi connectivity index (χ4v) is 1.83. The summed E-state index contributed by atoms with van der Waals surface area (Å²) >= 11 is 0. The van der Waals surface area contributed by atoms with E-state index in [-0.39, 0.29) is 18.0 Å². The Morgan fingerprint density at radius 2 is 2.28 bits per heavy atom. The van der Waals surface area contributed by atoms with Gasteiger partial charge in [0, 0.05) is 6.20 Å². The zero-order valence-corrected chi connectivity index (χ0v) is 10.0. The van der Waals surface area contributed by atoms with Crippen molar-refractivity contribution in [3.05, 3.63) is 45.5 Å². The fraction of sp³-hybridized carbons (Fsp3) is 0.273. The first kappa shape index (κ1) is 12.0. The molecule has 0 bridgehead atoms. The first-order chi connectivity index (χ1) is 8.50. The highest BCUT2D eigenvalue weighted by molar-refractivity contribution is 5.94. The molecule has 0 aliphatic heterocycles. The van der Waals surface area contributed by atoms with E-state index in [0.29, 0.717) is 17.1 Å². The first-order valence-corrected chi connectivity index (χ1v) is 5.35. The number of nitrogens with zero attached hydrogens (tertiary/aromatic N) is 3. The summed E-state index contributed by atoms with van der Waals surface area (Å²) in [4.78, 5) is 25.0. The highest BCUT2D eigenvalue weighted by Gasteiger charge is 2.23. The molecule has 94 valence electrons. The maximum Gasteiger partial charge on any atom is 0.312 e. The number of H-pyrrole nitrogens is 1. The molecule has 18 heavy (non-hydrogen) atoms. The van der Waals surface area contributed by atoms with E-state index >= 15 is 0 Å². The molecule has 0 radical (unpaired) electrons. The number of nitro groups is 1. The van der Waals surface area contributed by atoms with Crippen molar-refractivity contribution in [3.63, 3.8) is 0 Å². The van der Waals surface area contributed by atoms with Gasteiger partial charge in [-0.3, -0.25) is 19.6 Å². The molecule has 2 aromatic heterocycles. The lowest BCUT2D eigenvalue weighted by atomic mass is 10.3. The van der Waals surface area contributed by atoms with Gasteiger partial charge in [-0.1, -0.05) is 0 Å². The summed E-state index contributed by atoms with van der Waals surface area (Å²) in [7, 11) is 0. The molecule has 7 nitrogen and oxygen atoms in total. The second kappa shape index (κ2) is 4.44. The largest absolute Gasteiger partial charge is 0.359 e. The smallest absolute Gasteiger partial charge is 0.312 e. The number of nitrogens with one attached hydrogen (secondary N) is 1. The van der Waals surface area contributed by atoms with Gasteiger partial charge >= 0.3 is 5.69 Å². The molecular weight excluding hydrogens is 236 g/mol. The fourth-order valence-electron chi connectivity index (χ4n) is 1.83. The molecule has 7 heteroatoms. The van der Waals surface area contributed by atoms with Crippen molar-refractivity contribution < 1.29 is 9.72 Å². The average molecular weight is 248 g/mol. The number of hydrogen-bond donors (Lipinski definition) is 1. The van der Waals surface area contributed by atoms with E-state index in [1.807, 2.05) is 0 Å². The monoisotopic (exact) mass is 248 g/mol. The van der Waals surface area contributed by atoms with Crippen LogP contribution in [0, 0.1) is 24.0 Å². The molecule has 2 rings (SSSR count). The minimum absolute atomic E-state index is 0.0129. The Bertz CT molecular complexity index is 598. The van der Waals surface area contributed by atoms with E-state index in [9.17, 15) is 14.9 Å². The van der Waals surface area contributed by atoms with Gasteiger partial charge in [-0.2, -0.15) is 5.10 Å². The minimum Gasteiger partial charge on any atom is -0.359 e. The van der Waals surface area contributed by atoms with Crippen molar-refractivity contribution in [1.82, 2.24) is 14.8 Å². The van der Waals surface area contributed by atoms with Crippen molar-refractivity contribution in [2.45, 2.75) is 20.4 Å². The Hall–Kier alpha value is -2.44. The van der Waals surface area contributed by atoms with E-state index in [2.05, 4.69) is 10.1 Å². The van der Waals surface area contributed by atoms with Crippen LogP contribution in [0.15, 0.2) is 18.3 Å². The third-order valence-corrected chi connectivity index (χ3v) is 2.72. The zero-order chi connectivity index (χ0) is 13.3. The molecular formula is C11H12N4O3. The molecule has 0 spiro atoms. The lowest BCUT2D eigenvalue weighted by molar-refractivity contribution is -0.386. The van der Waals surface area contributed by atoms with Gasteiger partial charge < -0.3 is 4.98 Å². The van der Waals surface area contributed by atoms with Gasteiger partial charge in [0.15, 0.2) is 5.78 Å². The Morgan fingerprint density at radius 1 is 1.56 bits per heavy atom. The maximum atomic E-state index is 11.9. The Labute approximate surface area is 103 Å². The summed E-state index contributed by atoms with van der Waals surface area (Å²) in [6, 6.07) is 3.37. The summed E-state index contributed by atoms with van der Waals surface area (Å²) in [5.41, 5.74) is 1.13. The standard InChI is InChI=1S/C11H12N4O3/c1-7-11(15(17)18)8(2)14(13-7)6-10(16)9-4-3-5-12-9/h3-5,12H,6H2,1-2H3. The van der Waals surface area contributed by atoms with Crippen LogP contribution in [-0.2, 0) is 6.54 Å². The molecule has 0 atom stereocenters. The van der Waals surface area contributed by atoms with Gasteiger partial charge in [0.25, 0.3) is 0 Å². The van der Waals surface area contributed by atoms with Crippen molar-refractivity contribution >= 4 is 11.5 Å². The van der Waals surface area contributed by atoms with Crippen LogP contribution in [0.5, 0.6) is 0 Å². The average Bonchev–Trinajstić information content (AvgIpc) is 2.88. The number of aryl methyl sites for hydroxylation is 1. The number of aromatic amines is 1. The molecule has 0 saturated carbocycles. The lowest BCUT2D eigenvalue weighted by Crippen LogP contribution is -2.13. The van der Waals surface area contributed by atoms with Crippen LogP contribution < -0.4 is 0 Å². The van der Waals surface area contributed by atoms with Crippen molar-refractivity contribution in [1.29, 1.82) is 0 Å². The van der Waals surface area contributed by atoms with E-state index in [1.165, 1.54) is 4.68 Å². The maximum absolute atomic E-state index is 11.9. The highest BCUT2D eigenvalue weighted by atomic mass is 16.6. The van der Waals surface area contributed by atoms with Crippen LogP contribution in [-0.4, -0.2) is 25.5 Å². The minimum atomic E-state index is -0.479. The zero-order valence-electron chi connectivity index (χ0n) is 10.0. The topological polar surface area (TPSA) is 93.8 Å². The number of Topliss-reactive ketones (excluding diaryl/α,β-unsaturated/α-hetero) is 1. The van der Waals surface area contributed by atoms with E-state index in [0.717, 1.165) is 0 Å². The summed E-state index contributed by atoms with van der Waals surface area (Å²) in [6.07, 6.45) is 1.65. The van der Waals surface area contributed by atoms with E-state index in [1.54, 1.807) is 32.2 Å². The predicted octanol–water partition coefficient (Wildman–Crippen LogP) is 1.62. The van der Waals surface area contributed by atoms with Gasteiger partial charge in [0.2, 0.25) is 0 Å². The molecule has 0 aliphatic rings. The molecule has 0 unspecified atom stereocenters. The number of aromatic nitrogens is 3. The highest BCUT2D eigenvalue weighted by Crippen LogP contribution is 2.21. The number of carbonyl (C=O) groups excluding carboxylic acids is 1. The summed E-state index contributed by atoms with van der Waals surface area (Å²) < 4.78 is 1.36. The molecule has 1 N–H and O–H groups in total. The van der Waals surface area contributed by atoms with Crippen molar-refractivity contribution in [3.8, 4) is 0 Å². The number of ketones is 1. The molecule has 2 heterocycles. The number of hydrogen-bond acceptors (Lipinski definition) is 4. The van der Waals surface area contributed by atoms with Crippen LogP contribution in [0.2, 0.25) is 0 Å². The van der Waals surface area contributed by atoms with Crippen LogP contribution in [0.3, 0.4) is 0 Å². The number of rotatable bonds is 4. The van der Waals surface area contributed by atoms with Crippen LogP contribution in [0.1, 0.15) is 21.9 Å². The van der Waals surface area contributed by atoms with Gasteiger partial charge in [0.1, 0.15) is 17.9 Å². The molecule has 0 fully saturated rings. The molecule has 0 amide bonds. The normalized spacial score (nSPS) is 10.6. The molecule has 0 aromatic carbocycles. The second-order valence-corrected chi connectivity index (χ2v) is 3.94. The molecule has 2 aromatic rings. The van der Waals surface area contributed by atoms with E-state index < -0.39 is 4.92 Å². The van der Waals surface area contributed by atoms with Gasteiger partial charge in [-0.25, -0.2) is 0 Å². The van der Waals surface area contributed by atoms with Gasteiger partial charge in [-0.05, 0) is 26.0 Å². The Kier molecular flexibility index (Phi) is 2.97. The van der Waals surface area contributed by atoms with Crippen molar-refractivity contribution in [2.75, 3.05) is 0 Å². The quantitative estimate of drug-likeness (QED) is 0.505. The van der Waals surface area contributed by atoms with Crippen molar-refractivity contribution in [2.24, 2.45) is 0 Å². The predicted molar refractivity (Wildman–Crippen MR) is 63.5 cm³/mol. The third-order valence-electron chi connectivity index (χ3n) is 2.72. The van der Waals surface area contributed by atoms with Gasteiger partial charge in [-0.15, -0.1) is 0 Å². The SMILES string of the molecule is Cc1nn(CC(=O)c2ccc[nH]2)c(C)c1[N+](=O)[O-]. The Balaban J connectivity index is 2.28. The molecule has 0 aliphatic carbocycles. The van der Waals surface area contributed by atoms with Crippen LogP contribution >= 0.6 is 0 Å². The summed E-state index contributed by atoms with van der Waals surface area (Å²) in [6.45, 7) is 3.13.